The van der Waals surface area contributed by atoms with Gasteiger partial charge in [-0.05, 0) is 42.8 Å². The van der Waals surface area contributed by atoms with Crippen molar-refractivity contribution in [3.8, 4) is 11.4 Å². The Kier molecular flexibility index (Phi) is 4.11. The van der Waals surface area contributed by atoms with E-state index < -0.39 is 0 Å². The lowest BCUT2D eigenvalue weighted by atomic mass is 10.2. The van der Waals surface area contributed by atoms with Crippen molar-refractivity contribution < 1.29 is 4.74 Å². The Labute approximate surface area is 112 Å². The lowest BCUT2D eigenvalue weighted by Gasteiger charge is -2.14. The minimum atomic E-state index is -0.228. The van der Waals surface area contributed by atoms with Gasteiger partial charge in [0.15, 0.2) is 5.82 Å². The summed E-state index contributed by atoms with van der Waals surface area (Å²) in [5.74, 6) is 1.43. The number of rotatable bonds is 5. The van der Waals surface area contributed by atoms with Gasteiger partial charge in [-0.15, -0.1) is 5.10 Å². The third-order valence-electron chi connectivity index (χ3n) is 2.88. The zero-order valence-corrected chi connectivity index (χ0v) is 11.4. The van der Waals surface area contributed by atoms with Crippen LogP contribution in [0.1, 0.15) is 39.1 Å². The van der Waals surface area contributed by atoms with Crippen LogP contribution in [0.2, 0.25) is 0 Å². The Hall–Kier alpha value is -1.95. The number of tetrazole rings is 1. The summed E-state index contributed by atoms with van der Waals surface area (Å²) in [7, 11) is 0. The molecular formula is C13H19N5O. The lowest BCUT2D eigenvalue weighted by molar-refractivity contribution is 0.217. The Morgan fingerprint density at radius 1 is 1.37 bits per heavy atom. The minimum Gasteiger partial charge on any atom is -0.491 e. The van der Waals surface area contributed by atoms with E-state index in [0.29, 0.717) is 5.82 Å². The number of hydrogen-bond acceptors (Lipinski definition) is 5. The zero-order valence-electron chi connectivity index (χ0n) is 11.4. The molecule has 1 aromatic heterocycles. The van der Waals surface area contributed by atoms with Crippen molar-refractivity contribution in [1.29, 1.82) is 0 Å². The molecule has 1 aromatic carbocycles. The van der Waals surface area contributed by atoms with Crippen LogP contribution in [0.15, 0.2) is 24.3 Å². The molecule has 0 amide bonds. The average Bonchev–Trinajstić information content (AvgIpc) is 2.88. The molecule has 0 fully saturated rings. The molecule has 0 aliphatic rings. The van der Waals surface area contributed by atoms with Gasteiger partial charge in [0.1, 0.15) is 5.75 Å². The summed E-state index contributed by atoms with van der Waals surface area (Å²) < 4.78 is 7.42. The van der Waals surface area contributed by atoms with Gasteiger partial charge < -0.3 is 10.5 Å². The topological polar surface area (TPSA) is 78.8 Å². The summed E-state index contributed by atoms with van der Waals surface area (Å²) in [5.41, 5.74) is 6.69. The van der Waals surface area contributed by atoms with Gasteiger partial charge in [0.05, 0.1) is 17.8 Å². The van der Waals surface area contributed by atoms with Gasteiger partial charge in [-0.2, -0.15) is 4.68 Å². The molecule has 19 heavy (non-hydrogen) atoms. The molecule has 2 rings (SSSR count). The molecule has 6 heteroatoms. The Balaban J connectivity index is 2.30. The van der Waals surface area contributed by atoms with Crippen molar-refractivity contribution in [2.75, 3.05) is 0 Å². The van der Waals surface area contributed by atoms with Crippen LogP contribution in [-0.2, 0) is 0 Å². The second kappa shape index (κ2) is 5.79. The van der Waals surface area contributed by atoms with E-state index in [-0.39, 0.29) is 12.1 Å². The Morgan fingerprint density at radius 3 is 2.84 bits per heavy atom. The monoisotopic (exact) mass is 261 g/mol. The highest BCUT2D eigenvalue weighted by Gasteiger charge is 2.12. The number of nitrogens with zero attached hydrogens (tertiary/aromatic N) is 4. The van der Waals surface area contributed by atoms with E-state index in [1.807, 2.05) is 38.1 Å². The molecule has 2 unspecified atom stereocenters. The molecule has 0 saturated carbocycles. The first-order valence-corrected chi connectivity index (χ1v) is 6.42. The summed E-state index contributed by atoms with van der Waals surface area (Å²) >= 11 is 0. The maximum Gasteiger partial charge on any atom is 0.173 e. The standard InChI is InChI=1S/C13H19N5O/c1-4-9(2)19-12-7-5-6-11(8-12)18-13(10(3)14)15-16-17-18/h5-10H,4,14H2,1-3H3. The van der Waals surface area contributed by atoms with Gasteiger partial charge in [-0.1, -0.05) is 13.0 Å². The van der Waals surface area contributed by atoms with E-state index in [0.717, 1.165) is 17.9 Å². The van der Waals surface area contributed by atoms with Crippen LogP contribution >= 0.6 is 0 Å². The van der Waals surface area contributed by atoms with Crippen LogP contribution in [0.4, 0.5) is 0 Å². The largest absolute Gasteiger partial charge is 0.491 e. The summed E-state index contributed by atoms with van der Waals surface area (Å²) in [6.07, 6.45) is 1.14. The van der Waals surface area contributed by atoms with Crippen LogP contribution < -0.4 is 10.5 Å². The Morgan fingerprint density at radius 2 is 2.16 bits per heavy atom. The lowest BCUT2D eigenvalue weighted by Crippen LogP contribution is -2.14. The summed E-state index contributed by atoms with van der Waals surface area (Å²) in [6.45, 7) is 5.98. The predicted molar refractivity (Wildman–Crippen MR) is 72.1 cm³/mol. The van der Waals surface area contributed by atoms with Gasteiger partial charge in [-0.25, -0.2) is 0 Å². The molecule has 2 N–H and O–H groups in total. The molecule has 2 aromatic rings. The summed E-state index contributed by atoms with van der Waals surface area (Å²) in [5, 5.41) is 11.6. The fourth-order valence-electron chi connectivity index (χ4n) is 1.67. The second-order valence-electron chi connectivity index (χ2n) is 4.57. The zero-order chi connectivity index (χ0) is 13.8. The van der Waals surface area contributed by atoms with Gasteiger partial charge in [0.2, 0.25) is 0 Å². The van der Waals surface area contributed by atoms with Crippen molar-refractivity contribution in [1.82, 2.24) is 20.2 Å². The summed E-state index contributed by atoms with van der Waals surface area (Å²) in [6, 6.07) is 7.44. The highest BCUT2D eigenvalue weighted by Crippen LogP contribution is 2.19. The van der Waals surface area contributed by atoms with E-state index in [4.69, 9.17) is 10.5 Å². The van der Waals surface area contributed by atoms with Crippen molar-refractivity contribution in [3.05, 3.63) is 30.1 Å². The van der Waals surface area contributed by atoms with E-state index in [9.17, 15) is 0 Å². The van der Waals surface area contributed by atoms with Gasteiger partial charge in [-0.3, -0.25) is 0 Å². The molecule has 6 nitrogen and oxygen atoms in total. The first-order chi connectivity index (χ1) is 9.11. The molecule has 0 radical (unpaired) electrons. The number of hydrogen-bond donors (Lipinski definition) is 1. The third kappa shape index (κ3) is 3.08. The van der Waals surface area contributed by atoms with E-state index in [1.54, 1.807) is 4.68 Å². The second-order valence-corrected chi connectivity index (χ2v) is 4.57. The summed E-state index contributed by atoms with van der Waals surface area (Å²) in [4.78, 5) is 0. The SMILES string of the molecule is CCC(C)Oc1cccc(-n2nnnc2C(C)N)c1. The first-order valence-electron chi connectivity index (χ1n) is 6.42. The fourth-order valence-corrected chi connectivity index (χ4v) is 1.67. The fraction of sp³-hybridized carbons (Fsp3) is 0.462. The molecule has 0 saturated heterocycles. The normalized spacial score (nSPS) is 14.1. The number of ether oxygens (including phenoxy) is 1. The molecule has 102 valence electrons. The molecular weight excluding hydrogens is 242 g/mol. The van der Waals surface area contributed by atoms with E-state index in [2.05, 4.69) is 22.4 Å². The smallest absolute Gasteiger partial charge is 0.173 e. The molecule has 0 aliphatic heterocycles. The van der Waals surface area contributed by atoms with Crippen molar-refractivity contribution in [3.63, 3.8) is 0 Å². The number of nitrogens with two attached hydrogens (primary N) is 1. The molecule has 1 heterocycles. The van der Waals surface area contributed by atoms with E-state index >= 15 is 0 Å². The van der Waals surface area contributed by atoms with Gasteiger partial charge in [0.25, 0.3) is 0 Å². The number of benzene rings is 1. The van der Waals surface area contributed by atoms with Gasteiger partial charge >= 0.3 is 0 Å². The minimum absolute atomic E-state index is 0.178. The van der Waals surface area contributed by atoms with Crippen molar-refractivity contribution in [2.45, 2.75) is 39.3 Å². The first kappa shape index (κ1) is 13.5. The quantitative estimate of drug-likeness (QED) is 0.888. The van der Waals surface area contributed by atoms with Crippen LogP contribution in [0.3, 0.4) is 0 Å². The maximum absolute atomic E-state index is 5.84. The maximum atomic E-state index is 5.84. The molecule has 0 bridgehead atoms. The van der Waals surface area contributed by atoms with Crippen molar-refractivity contribution in [2.24, 2.45) is 5.73 Å². The average molecular weight is 261 g/mol. The van der Waals surface area contributed by atoms with Crippen LogP contribution in [0.5, 0.6) is 5.75 Å². The molecule has 0 spiro atoms. The van der Waals surface area contributed by atoms with E-state index in [1.165, 1.54) is 0 Å². The third-order valence-corrected chi connectivity index (χ3v) is 2.88. The highest BCUT2D eigenvalue weighted by molar-refractivity contribution is 5.39. The Bertz CT molecular complexity index is 537. The number of aromatic nitrogens is 4. The highest BCUT2D eigenvalue weighted by atomic mass is 16.5. The van der Waals surface area contributed by atoms with Crippen LogP contribution in [0.25, 0.3) is 5.69 Å². The molecule has 2 atom stereocenters. The predicted octanol–water partition coefficient (Wildman–Crippen LogP) is 1.86. The molecule has 0 aliphatic carbocycles. The van der Waals surface area contributed by atoms with Crippen LogP contribution in [-0.4, -0.2) is 26.3 Å². The van der Waals surface area contributed by atoms with Crippen LogP contribution in [0, 0.1) is 0 Å². The van der Waals surface area contributed by atoms with Gasteiger partial charge in [0, 0.05) is 6.07 Å². The van der Waals surface area contributed by atoms with Crippen molar-refractivity contribution >= 4 is 0 Å².